The van der Waals surface area contributed by atoms with E-state index in [0.717, 1.165) is 24.2 Å². The molecule has 5 nitrogen and oxygen atoms in total. The molecule has 1 aromatic rings. The Morgan fingerprint density at radius 3 is 2.42 bits per heavy atom. The lowest BCUT2D eigenvalue weighted by atomic mass is 10.1. The summed E-state index contributed by atoms with van der Waals surface area (Å²) in [5.74, 6) is 0.781. The van der Waals surface area contributed by atoms with Crippen molar-refractivity contribution in [3.63, 3.8) is 0 Å². The van der Waals surface area contributed by atoms with Crippen LogP contribution in [0.3, 0.4) is 0 Å². The molecule has 0 radical (unpaired) electrons. The average Bonchev–Trinajstić information content (AvgIpc) is 2.88. The van der Waals surface area contributed by atoms with Gasteiger partial charge in [0, 0.05) is 20.6 Å². The number of nitrogens with zero attached hydrogens (tertiary/aromatic N) is 2. The summed E-state index contributed by atoms with van der Waals surface area (Å²) in [6.45, 7) is 0.581. The molecule has 1 atom stereocenters. The predicted octanol–water partition coefficient (Wildman–Crippen LogP) is 1.64. The lowest BCUT2D eigenvalue weighted by Gasteiger charge is -2.27. The van der Waals surface area contributed by atoms with E-state index in [1.807, 2.05) is 24.3 Å². The lowest BCUT2D eigenvalue weighted by molar-refractivity contribution is 0.362. The van der Waals surface area contributed by atoms with E-state index in [1.54, 1.807) is 25.5 Å². The third-order valence-corrected chi connectivity index (χ3v) is 5.41. The number of methoxy groups -OCH3 is 1. The number of hydrogen-bond acceptors (Lipinski definition) is 3. The van der Waals surface area contributed by atoms with Crippen LogP contribution in [-0.2, 0) is 10.2 Å². The van der Waals surface area contributed by atoms with Crippen LogP contribution < -0.4 is 4.74 Å². The van der Waals surface area contributed by atoms with E-state index in [4.69, 9.17) is 4.74 Å². The van der Waals surface area contributed by atoms with Crippen molar-refractivity contribution in [2.24, 2.45) is 0 Å². The van der Waals surface area contributed by atoms with E-state index in [9.17, 15) is 8.42 Å². The molecular weight excluding hydrogens is 264 g/mol. The minimum Gasteiger partial charge on any atom is -0.497 e. The van der Waals surface area contributed by atoms with Crippen molar-refractivity contribution in [3.8, 4) is 5.75 Å². The normalized spacial score (nSPS) is 20.9. The van der Waals surface area contributed by atoms with Crippen LogP contribution in [0.1, 0.15) is 24.4 Å². The highest BCUT2D eigenvalue weighted by Crippen LogP contribution is 2.35. The molecule has 0 aromatic heterocycles. The van der Waals surface area contributed by atoms with Gasteiger partial charge in [-0.1, -0.05) is 12.1 Å². The average molecular weight is 284 g/mol. The van der Waals surface area contributed by atoms with Crippen molar-refractivity contribution >= 4 is 10.2 Å². The maximum absolute atomic E-state index is 12.3. The second-order valence-electron chi connectivity index (χ2n) is 4.83. The maximum atomic E-state index is 12.3. The second kappa shape index (κ2) is 5.48. The highest BCUT2D eigenvalue weighted by molar-refractivity contribution is 7.86. The maximum Gasteiger partial charge on any atom is 0.282 e. The zero-order valence-corrected chi connectivity index (χ0v) is 12.4. The van der Waals surface area contributed by atoms with Gasteiger partial charge in [0.05, 0.1) is 13.2 Å². The molecule has 0 aliphatic carbocycles. The molecule has 1 aliphatic rings. The molecule has 0 unspecified atom stereocenters. The molecule has 0 spiro atoms. The zero-order chi connectivity index (χ0) is 14.0. The Morgan fingerprint density at radius 2 is 1.89 bits per heavy atom. The van der Waals surface area contributed by atoms with E-state index < -0.39 is 10.2 Å². The summed E-state index contributed by atoms with van der Waals surface area (Å²) in [5, 5.41) is 0. The number of benzene rings is 1. The Labute approximate surface area is 115 Å². The molecule has 106 valence electrons. The fraction of sp³-hybridized carbons (Fsp3) is 0.538. The molecule has 0 amide bonds. The lowest BCUT2D eigenvalue weighted by Crippen LogP contribution is -2.39. The van der Waals surface area contributed by atoms with Crippen LogP contribution in [0, 0.1) is 0 Å². The summed E-state index contributed by atoms with van der Waals surface area (Å²) in [7, 11) is 1.40. The van der Waals surface area contributed by atoms with Crippen molar-refractivity contribution in [2.45, 2.75) is 18.9 Å². The third-order valence-electron chi connectivity index (χ3n) is 3.46. The van der Waals surface area contributed by atoms with Crippen LogP contribution in [0.15, 0.2) is 24.3 Å². The van der Waals surface area contributed by atoms with Crippen LogP contribution in [0.2, 0.25) is 0 Å². The van der Waals surface area contributed by atoms with Crippen LogP contribution in [0.5, 0.6) is 5.75 Å². The van der Waals surface area contributed by atoms with E-state index in [0.29, 0.717) is 6.54 Å². The van der Waals surface area contributed by atoms with Crippen LogP contribution in [0.25, 0.3) is 0 Å². The molecule has 19 heavy (non-hydrogen) atoms. The first-order valence-electron chi connectivity index (χ1n) is 6.30. The van der Waals surface area contributed by atoms with Crippen molar-refractivity contribution in [3.05, 3.63) is 29.8 Å². The van der Waals surface area contributed by atoms with E-state index in [-0.39, 0.29) is 6.04 Å². The first-order valence-corrected chi connectivity index (χ1v) is 7.69. The van der Waals surface area contributed by atoms with Gasteiger partial charge in [0.15, 0.2) is 0 Å². The number of hydrogen-bond donors (Lipinski definition) is 0. The number of rotatable bonds is 4. The molecular formula is C13H20N2O3S. The van der Waals surface area contributed by atoms with Gasteiger partial charge in [-0.2, -0.15) is 17.0 Å². The van der Waals surface area contributed by atoms with Gasteiger partial charge >= 0.3 is 0 Å². The van der Waals surface area contributed by atoms with Gasteiger partial charge in [-0.15, -0.1) is 0 Å². The predicted molar refractivity (Wildman–Crippen MR) is 74.3 cm³/mol. The van der Waals surface area contributed by atoms with Crippen LogP contribution >= 0.6 is 0 Å². The monoisotopic (exact) mass is 284 g/mol. The summed E-state index contributed by atoms with van der Waals surface area (Å²) in [5.41, 5.74) is 1.02. The van der Waals surface area contributed by atoms with Crippen molar-refractivity contribution < 1.29 is 13.2 Å². The Kier molecular flexibility index (Phi) is 4.13. The first kappa shape index (κ1) is 14.3. The third kappa shape index (κ3) is 2.75. The van der Waals surface area contributed by atoms with E-state index in [1.165, 1.54) is 4.31 Å². The van der Waals surface area contributed by atoms with Crippen LogP contribution in [0.4, 0.5) is 0 Å². The van der Waals surface area contributed by atoms with Crippen molar-refractivity contribution in [2.75, 3.05) is 27.7 Å². The Bertz CT molecular complexity index is 525. The van der Waals surface area contributed by atoms with Gasteiger partial charge < -0.3 is 4.74 Å². The van der Waals surface area contributed by atoms with E-state index >= 15 is 0 Å². The second-order valence-corrected chi connectivity index (χ2v) is 6.93. The van der Waals surface area contributed by atoms with Crippen molar-refractivity contribution in [1.29, 1.82) is 0 Å². The molecule has 0 N–H and O–H groups in total. The highest BCUT2D eigenvalue weighted by Gasteiger charge is 2.36. The quantitative estimate of drug-likeness (QED) is 0.844. The standard InChI is InChI=1S/C13H20N2O3S/c1-14(2)19(16,17)15-10-4-5-13(15)11-6-8-12(18-3)9-7-11/h6-9,13H,4-5,10H2,1-3H3/t13-/m1/s1. The van der Waals surface area contributed by atoms with Crippen molar-refractivity contribution in [1.82, 2.24) is 8.61 Å². The minimum absolute atomic E-state index is 0.0710. The summed E-state index contributed by atoms with van der Waals surface area (Å²) in [6.07, 6.45) is 1.75. The fourth-order valence-electron chi connectivity index (χ4n) is 2.39. The Hall–Kier alpha value is -1.11. The summed E-state index contributed by atoms with van der Waals surface area (Å²) in [6, 6.07) is 7.54. The molecule has 6 heteroatoms. The van der Waals surface area contributed by atoms with Gasteiger partial charge in [-0.25, -0.2) is 0 Å². The molecule has 1 aromatic carbocycles. The van der Waals surface area contributed by atoms with Gasteiger partial charge in [-0.3, -0.25) is 0 Å². The molecule has 1 heterocycles. The zero-order valence-electron chi connectivity index (χ0n) is 11.5. The van der Waals surface area contributed by atoms with Gasteiger partial charge in [-0.05, 0) is 30.5 Å². The van der Waals surface area contributed by atoms with Gasteiger partial charge in [0.2, 0.25) is 0 Å². The largest absolute Gasteiger partial charge is 0.497 e. The number of ether oxygens (including phenoxy) is 1. The topological polar surface area (TPSA) is 49.9 Å². The Balaban J connectivity index is 2.28. The molecule has 0 saturated carbocycles. The summed E-state index contributed by atoms with van der Waals surface area (Å²) >= 11 is 0. The molecule has 1 saturated heterocycles. The van der Waals surface area contributed by atoms with E-state index in [2.05, 4.69) is 0 Å². The molecule has 0 bridgehead atoms. The van der Waals surface area contributed by atoms with Crippen LogP contribution in [-0.4, -0.2) is 44.8 Å². The van der Waals surface area contributed by atoms with Gasteiger partial charge in [0.1, 0.15) is 5.75 Å². The minimum atomic E-state index is -3.35. The van der Waals surface area contributed by atoms with Gasteiger partial charge in [0.25, 0.3) is 10.2 Å². The SMILES string of the molecule is COc1ccc([C@H]2CCCN2S(=O)(=O)N(C)C)cc1. The molecule has 1 fully saturated rings. The smallest absolute Gasteiger partial charge is 0.282 e. The fourth-order valence-corrected chi connectivity index (χ4v) is 3.71. The highest BCUT2D eigenvalue weighted by atomic mass is 32.2. The molecule has 1 aliphatic heterocycles. The summed E-state index contributed by atoms with van der Waals surface area (Å²) < 4.78 is 32.5. The molecule has 2 rings (SSSR count). The first-order chi connectivity index (χ1) is 8.96. The Morgan fingerprint density at radius 1 is 1.26 bits per heavy atom. The summed E-state index contributed by atoms with van der Waals surface area (Å²) in [4.78, 5) is 0.